The molecule has 3 aromatic rings. The van der Waals surface area contributed by atoms with Crippen molar-refractivity contribution in [2.24, 2.45) is 0 Å². The van der Waals surface area contributed by atoms with E-state index < -0.39 is 5.91 Å². The number of hydrogen-bond donors (Lipinski definition) is 2. The molecule has 0 heterocycles. The first-order chi connectivity index (χ1) is 15.0. The number of nitrogens with one attached hydrogen (secondary N) is 2. The van der Waals surface area contributed by atoms with E-state index in [1.54, 1.807) is 48.5 Å². The summed E-state index contributed by atoms with van der Waals surface area (Å²) in [4.78, 5) is 24.3. The summed E-state index contributed by atoms with van der Waals surface area (Å²) >= 11 is 0. The lowest BCUT2D eigenvalue weighted by Gasteiger charge is -2.08. The monoisotopic (exact) mass is 411 g/mol. The van der Waals surface area contributed by atoms with Crippen LogP contribution in [0.1, 0.15) is 11.1 Å². The summed E-state index contributed by atoms with van der Waals surface area (Å²) in [7, 11) is 0. The fraction of sp³-hybridized carbons (Fsp3) is 0.0800. The summed E-state index contributed by atoms with van der Waals surface area (Å²) in [5, 5.41) is 14.8. The molecule has 0 aromatic heterocycles. The molecule has 2 N–H and O–H groups in total. The standard InChI is InChI=1S/C25H21N3O3/c1-18-7-11-22(12-8-18)28-25(30)20(16-26)15-19-9-13-23(14-10-19)31-17-24(29)27-21-5-3-2-4-6-21/h2-15H,17H2,1H3,(H,27,29)(H,28,30)/b20-15+. The maximum Gasteiger partial charge on any atom is 0.266 e. The summed E-state index contributed by atoms with van der Waals surface area (Å²) < 4.78 is 5.49. The van der Waals surface area contributed by atoms with Gasteiger partial charge in [0.25, 0.3) is 11.8 Å². The first-order valence-corrected chi connectivity index (χ1v) is 9.61. The van der Waals surface area contributed by atoms with E-state index in [1.807, 2.05) is 43.3 Å². The Balaban J connectivity index is 1.57. The first-order valence-electron chi connectivity index (χ1n) is 9.61. The highest BCUT2D eigenvalue weighted by atomic mass is 16.5. The number of carbonyl (C=O) groups excluding carboxylic acids is 2. The van der Waals surface area contributed by atoms with Gasteiger partial charge < -0.3 is 15.4 Å². The van der Waals surface area contributed by atoms with Gasteiger partial charge in [-0.05, 0) is 55.0 Å². The van der Waals surface area contributed by atoms with Crippen LogP contribution in [0.5, 0.6) is 5.75 Å². The lowest BCUT2D eigenvalue weighted by molar-refractivity contribution is -0.118. The van der Waals surface area contributed by atoms with E-state index >= 15 is 0 Å². The molecule has 0 atom stereocenters. The Bertz CT molecular complexity index is 1110. The van der Waals surface area contributed by atoms with Crippen LogP contribution in [0.4, 0.5) is 11.4 Å². The minimum absolute atomic E-state index is 0.0171. The summed E-state index contributed by atoms with van der Waals surface area (Å²) in [6.45, 7) is 1.82. The Labute approximate surface area is 180 Å². The SMILES string of the molecule is Cc1ccc(NC(=O)/C(C#N)=C/c2ccc(OCC(=O)Nc3ccccc3)cc2)cc1. The zero-order valence-electron chi connectivity index (χ0n) is 17.0. The predicted molar refractivity (Wildman–Crippen MR) is 120 cm³/mol. The van der Waals surface area contributed by atoms with Gasteiger partial charge >= 0.3 is 0 Å². The largest absolute Gasteiger partial charge is 0.484 e. The maximum absolute atomic E-state index is 12.4. The molecule has 6 heteroatoms. The molecule has 6 nitrogen and oxygen atoms in total. The van der Waals surface area contributed by atoms with Crippen molar-refractivity contribution in [3.05, 3.63) is 95.6 Å². The number of aryl methyl sites for hydroxylation is 1. The van der Waals surface area contributed by atoms with E-state index in [4.69, 9.17) is 4.74 Å². The second-order valence-electron chi connectivity index (χ2n) is 6.76. The van der Waals surface area contributed by atoms with Crippen LogP contribution in [0.25, 0.3) is 6.08 Å². The second-order valence-corrected chi connectivity index (χ2v) is 6.76. The van der Waals surface area contributed by atoms with E-state index in [1.165, 1.54) is 6.08 Å². The topological polar surface area (TPSA) is 91.2 Å². The number of nitriles is 1. The summed E-state index contributed by atoms with van der Waals surface area (Å²) in [6.07, 6.45) is 1.50. The van der Waals surface area contributed by atoms with E-state index in [2.05, 4.69) is 10.6 Å². The Kier molecular flexibility index (Phi) is 7.17. The van der Waals surface area contributed by atoms with Crippen molar-refractivity contribution >= 4 is 29.3 Å². The van der Waals surface area contributed by atoms with Crippen LogP contribution < -0.4 is 15.4 Å². The van der Waals surface area contributed by atoms with Crippen molar-refractivity contribution in [3.63, 3.8) is 0 Å². The van der Waals surface area contributed by atoms with Crippen LogP contribution in [-0.2, 0) is 9.59 Å². The normalized spacial score (nSPS) is 10.6. The van der Waals surface area contributed by atoms with Crippen molar-refractivity contribution in [1.82, 2.24) is 0 Å². The van der Waals surface area contributed by atoms with Gasteiger partial charge in [0.2, 0.25) is 0 Å². The third-order valence-corrected chi connectivity index (χ3v) is 4.29. The lowest BCUT2D eigenvalue weighted by Crippen LogP contribution is -2.20. The van der Waals surface area contributed by atoms with E-state index in [9.17, 15) is 14.9 Å². The highest BCUT2D eigenvalue weighted by molar-refractivity contribution is 6.09. The number of nitrogens with zero attached hydrogens (tertiary/aromatic N) is 1. The van der Waals surface area contributed by atoms with Crippen LogP contribution in [-0.4, -0.2) is 18.4 Å². The minimum atomic E-state index is -0.482. The van der Waals surface area contributed by atoms with Gasteiger partial charge in [-0.2, -0.15) is 5.26 Å². The molecule has 0 radical (unpaired) electrons. The van der Waals surface area contributed by atoms with Gasteiger partial charge in [0.15, 0.2) is 6.61 Å². The van der Waals surface area contributed by atoms with Crippen LogP contribution >= 0.6 is 0 Å². The molecule has 0 spiro atoms. The molecule has 0 saturated heterocycles. The Morgan fingerprint density at radius 2 is 1.55 bits per heavy atom. The van der Waals surface area contributed by atoms with Gasteiger partial charge in [0.05, 0.1) is 0 Å². The average Bonchev–Trinajstić information content (AvgIpc) is 2.79. The van der Waals surface area contributed by atoms with Gasteiger partial charge in [0.1, 0.15) is 17.4 Å². The van der Waals surface area contributed by atoms with Crippen LogP contribution in [0.2, 0.25) is 0 Å². The number of ether oxygens (including phenoxy) is 1. The number of anilines is 2. The third kappa shape index (κ3) is 6.58. The highest BCUT2D eigenvalue weighted by Gasteiger charge is 2.10. The molecule has 31 heavy (non-hydrogen) atoms. The molecule has 0 unspecified atom stereocenters. The smallest absolute Gasteiger partial charge is 0.266 e. The van der Waals surface area contributed by atoms with Crippen molar-refractivity contribution in [1.29, 1.82) is 5.26 Å². The zero-order chi connectivity index (χ0) is 22.1. The van der Waals surface area contributed by atoms with Gasteiger partial charge in [-0.15, -0.1) is 0 Å². The molecule has 0 aliphatic heterocycles. The molecule has 0 fully saturated rings. The van der Waals surface area contributed by atoms with E-state index in [0.717, 1.165) is 5.56 Å². The molecular weight excluding hydrogens is 390 g/mol. The van der Waals surface area contributed by atoms with Crippen molar-refractivity contribution in [2.45, 2.75) is 6.92 Å². The fourth-order valence-electron chi connectivity index (χ4n) is 2.68. The highest BCUT2D eigenvalue weighted by Crippen LogP contribution is 2.16. The number of hydrogen-bond acceptors (Lipinski definition) is 4. The zero-order valence-corrected chi connectivity index (χ0v) is 17.0. The maximum atomic E-state index is 12.4. The van der Waals surface area contributed by atoms with Crippen molar-refractivity contribution in [2.75, 3.05) is 17.2 Å². The van der Waals surface area contributed by atoms with Gasteiger partial charge in [-0.1, -0.05) is 48.0 Å². The molecule has 154 valence electrons. The van der Waals surface area contributed by atoms with Crippen LogP contribution in [0.15, 0.2) is 84.4 Å². The van der Waals surface area contributed by atoms with Crippen LogP contribution in [0, 0.1) is 18.3 Å². The van der Waals surface area contributed by atoms with Gasteiger partial charge in [-0.25, -0.2) is 0 Å². The van der Waals surface area contributed by atoms with Gasteiger partial charge in [-0.3, -0.25) is 9.59 Å². The quantitative estimate of drug-likeness (QED) is 0.440. The van der Waals surface area contributed by atoms with Crippen molar-refractivity contribution < 1.29 is 14.3 Å². The molecule has 2 amide bonds. The second kappa shape index (κ2) is 10.4. The minimum Gasteiger partial charge on any atom is -0.484 e. The molecular formula is C25H21N3O3. The van der Waals surface area contributed by atoms with Crippen molar-refractivity contribution in [3.8, 4) is 11.8 Å². The predicted octanol–water partition coefficient (Wildman–Crippen LogP) is 4.56. The summed E-state index contributed by atoms with van der Waals surface area (Å²) in [5.74, 6) is -0.248. The molecule has 0 bridgehead atoms. The van der Waals surface area contributed by atoms with Crippen LogP contribution in [0.3, 0.4) is 0 Å². The molecule has 3 aromatic carbocycles. The number of amides is 2. The number of para-hydroxylation sites is 1. The Hall–Kier alpha value is -4.37. The molecule has 3 rings (SSSR count). The molecule has 0 aliphatic rings. The molecule has 0 aliphatic carbocycles. The van der Waals surface area contributed by atoms with E-state index in [0.29, 0.717) is 22.7 Å². The Morgan fingerprint density at radius 1 is 0.903 bits per heavy atom. The Morgan fingerprint density at radius 3 is 2.19 bits per heavy atom. The molecule has 0 saturated carbocycles. The lowest BCUT2D eigenvalue weighted by atomic mass is 10.1. The first kappa shape index (κ1) is 21.3. The van der Waals surface area contributed by atoms with E-state index in [-0.39, 0.29) is 18.1 Å². The number of rotatable bonds is 7. The number of carbonyl (C=O) groups is 2. The third-order valence-electron chi connectivity index (χ3n) is 4.29. The van der Waals surface area contributed by atoms with Gasteiger partial charge in [0, 0.05) is 11.4 Å². The summed E-state index contributed by atoms with van der Waals surface area (Å²) in [5.41, 5.74) is 3.04. The number of benzene rings is 3. The fourth-order valence-corrected chi connectivity index (χ4v) is 2.68. The summed E-state index contributed by atoms with van der Waals surface area (Å²) in [6, 6.07) is 25.1. The average molecular weight is 411 g/mol.